The van der Waals surface area contributed by atoms with Gasteiger partial charge >= 0.3 is 5.97 Å². The van der Waals surface area contributed by atoms with Crippen molar-refractivity contribution in [2.75, 3.05) is 11.8 Å². The van der Waals surface area contributed by atoms with Crippen LogP contribution in [0.25, 0.3) is 6.08 Å². The number of esters is 1. The molecule has 202 valence electrons. The first kappa shape index (κ1) is 27.8. The summed E-state index contributed by atoms with van der Waals surface area (Å²) in [4.78, 5) is 24.8. The van der Waals surface area contributed by atoms with Gasteiger partial charge in [0.1, 0.15) is 0 Å². The number of carbonyl (C=O) groups excluding carboxylic acids is 2. The molecule has 0 fully saturated rings. The maximum absolute atomic E-state index is 12.5. The van der Waals surface area contributed by atoms with Crippen LogP contribution in [0.5, 0.6) is 11.5 Å². The van der Waals surface area contributed by atoms with Crippen LogP contribution in [0.1, 0.15) is 21.5 Å². The van der Waals surface area contributed by atoms with Gasteiger partial charge in [-0.25, -0.2) is 18.6 Å². The second-order valence-corrected chi connectivity index (χ2v) is 9.95. The number of hydrogen-bond donors (Lipinski definition) is 2. The molecular formula is C30H25N3O6S. The summed E-state index contributed by atoms with van der Waals surface area (Å²) in [7, 11) is -2.29. The van der Waals surface area contributed by atoms with Crippen LogP contribution in [0.2, 0.25) is 0 Å². The third-order valence-electron chi connectivity index (χ3n) is 5.44. The lowest BCUT2D eigenvalue weighted by atomic mass is 10.2. The Kier molecular flexibility index (Phi) is 9.06. The van der Waals surface area contributed by atoms with Gasteiger partial charge in [0.05, 0.1) is 18.2 Å². The standard InChI is InChI=1S/C30H25N3O6S/c1-38-28-20-23(12-18-27(28)39-29(34)19-13-22-8-4-2-5-9-22)21-31-32-30(35)24-14-16-25(17-15-24)33-40(36,37)26-10-6-3-7-11-26/h2-21,33H,1H3,(H,32,35)/b19-13+,31-21+. The fourth-order valence-corrected chi connectivity index (χ4v) is 4.53. The zero-order chi connectivity index (χ0) is 28.4. The Hall–Kier alpha value is -5.22. The van der Waals surface area contributed by atoms with Crippen molar-refractivity contribution in [3.63, 3.8) is 0 Å². The molecule has 40 heavy (non-hydrogen) atoms. The SMILES string of the molecule is COc1cc(/C=N/NC(=O)c2ccc(NS(=O)(=O)c3ccccc3)cc2)ccc1OC(=O)/C=C/c1ccccc1. The fraction of sp³-hybridized carbons (Fsp3) is 0.0333. The molecule has 0 saturated heterocycles. The molecule has 0 unspecified atom stereocenters. The van der Waals surface area contributed by atoms with Crippen molar-refractivity contribution in [2.45, 2.75) is 4.90 Å². The maximum atomic E-state index is 12.5. The van der Waals surface area contributed by atoms with Crippen LogP contribution in [0.15, 0.2) is 119 Å². The molecule has 0 saturated carbocycles. The molecule has 4 aromatic rings. The predicted molar refractivity (Wildman–Crippen MR) is 153 cm³/mol. The Morgan fingerprint density at radius 1 is 0.800 bits per heavy atom. The van der Waals surface area contributed by atoms with E-state index in [1.807, 2.05) is 30.3 Å². The summed E-state index contributed by atoms with van der Waals surface area (Å²) in [6.07, 6.45) is 4.38. The van der Waals surface area contributed by atoms with Gasteiger partial charge in [0.15, 0.2) is 11.5 Å². The minimum Gasteiger partial charge on any atom is -0.493 e. The summed E-state index contributed by atoms with van der Waals surface area (Å²) >= 11 is 0. The van der Waals surface area contributed by atoms with E-state index in [0.717, 1.165) is 5.56 Å². The van der Waals surface area contributed by atoms with Crippen LogP contribution < -0.4 is 19.6 Å². The molecule has 0 aliphatic heterocycles. The zero-order valence-electron chi connectivity index (χ0n) is 21.4. The number of rotatable bonds is 10. The number of hydrazone groups is 1. The van der Waals surface area contributed by atoms with Gasteiger partial charge in [-0.1, -0.05) is 48.5 Å². The Morgan fingerprint density at radius 2 is 1.48 bits per heavy atom. The molecule has 1 amide bonds. The lowest BCUT2D eigenvalue weighted by molar-refractivity contribution is -0.129. The van der Waals surface area contributed by atoms with Gasteiger partial charge in [0, 0.05) is 17.3 Å². The van der Waals surface area contributed by atoms with Crippen molar-refractivity contribution in [3.8, 4) is 11.5 Å². The average Bonchev–Trinajstić information content (AvgIpc) is 2.98. The monoisotopic (exact) mass is 555 g/mol. The molecular weight excluding hydrogens is 530 g/mol. The third kappa shape index (κ3) is 7.65. The van der Waals surface area contributed by atoms with Gasteiger partial charge < -0.3 is 9.47 Å². The smallest absolute Gasteiger partial charge is 0.336 e. The highest BCUT2D eigenvalue weighted by molar-refractivity contribution is 7.92. The van der Waals surface area contributed by atoms with E-state index in [4.69, 9.17) is 9.47 Å². The number of hydrogen-bond acceptors (Lipinski definition) is 7. The molecule has 0 bridgehead atoms. The number of ether oxygens (including phenoxy) is 2. The fourth-order valence-electron chi connectivity index (χ4n) is 3.45. The van der Waals surface area contributed by atoms with Crippen molar-refractivity contribution in [2.24, 2.45) is 5.10 Å². The van der Waals surface area contributed by atoms with Gasteiger partial charge in [-0.05, 0) is 71.8 Å². The van der Waals surface area contributed by atoms with Crippen LogP contribution >= 0.6 is 0 Å². The lowest BCUT2D eigenvalue weighted by Gasteiger charge is -2.09. The van der Waals surface area contributed by atoms with Crippen molar-refractivity contribution >= 4 is 39.9 Å². The van der Waals surface area contributed by atoms with Crippen LogP contribution in [-0.4, -0.2) is 33.6 Å². The normalized spacial score (nSPS) is 11.3. The highest BCUT2D eigenvalue weighted by Crippen LogP contribution is 2.28. The number of nitrogens with one attached hydrogen (secondary N) is 2. The summed E-state index contributed by atoms with van der Waals surface area (Å²) in [6, 6.07) is 28.1. The average molecular weight is 556 g/mol. The maximum Gasteiger partial charge on any atom is 0.336 e. The molecule has 0 spiro atoms. The van der Waals surface area contributed by atoms with E-state index < -0.39 is 21.9 Å². The highest BCUT2D eigenvalue weighted by Gasteiger charge is 2.14. The summed E-state index contributed by atoms with van der Waals surface area (Å²) in [6.45, 7) is 0. The van der Waals surface area contributed by atoms with Crippen LogP contribution in [0, 0.1) is 0 Å². The molecule has 0 radical (unpaired) electrons. The van der Waals surface area contributed by atoms with Gasteiger partial charge in [0.2, 0.25) is 0 Å². The zero-order valence-corrected chi connectivity index (χ0v) is 22.2. The van der Waals surface area contributed by atoms with E-state index >= 15 is 0 Å². The third-order valence-corrected chi connectivity index (χ3v) is 6.84. The molecule has 0 atom stereocenters. The molecule has 4 aromatic carbocycles. The van der Waals surface area contributed by atoms with Gasteiger partial charge in [-0.15, -0.1) is 0 Å². The van der Waals surface area contributed by atoms with E-state index in [9.17, 15) is 18.0 Å². The van der Waals surface area contributed by atoms with Crippen molar-refractivity contribution < 1.29 is 27.5 Å². The quantitative estimate of drug-likeness (QED) is 0.0946. The minimum atomic E-state index is -3.74. The number of methoxy groups -OCH3 is 1. The molecule has 0 aromatic heterocycles. The molecule has 10 heteroatoms. The molecule has 2 N–H and O–H groups in total. The lowest BCUT2D eigenvalue weighted by Crippen LogP contribution is -2.18. The first-order valence-corrected chi connectivity index (χ1v) is 13.5. The van der Waals surface area contributed by atoms with E-state index in [0.29, 0.717) is 17.0 Å². The summed E-state index contributed by atoms with van der Waals surface area (Å²) < 4.78 is 38.1. The molecule has 9 nitrogen and oxygen atoms in total. The second-order valence-electron chi connectivity index (χ2n) is 8.27. The topological polar surface area (TPSA) is 123 Å². The Morgan fingerprint density at radius 3 is 2.15 bits per heavy atom. The summed E-state index contributed by atoms with van der Waals surface area (Å²) in [5.74, 6) is -0.509. The van der Waals surface area contributed by atoms with Gasteiger partial charge in [0.25, 0.3) is 15.9 Å². The first-order valence-electron chi connectivity index (χ1n) is 12.0. The van der Waals surface area contributed by atoms with E-state index in [1.165, 1.54) is 55.8 Å². The number of nitrogens with zero attached hydrogens (tertiary/aromatic N) is 1. The second kappa shape index (κ2) is 13.0. The van der Waals surface area contributed by atoms with E-state index in [-0.39, 0.29) is 16.2 Å². The Bertz CT molecular complexity index is 1640. The van der Waals surface area contributed by atoms with Crippen LogP contribution in [-0.2, 0) is 14.8 Å². The summed E-state index contributed by atoms with van der Waals surface area (Å²) in [5.41, 5.74) is 4.46. The van der Waals surface area contributed by atoms with Gasteiger partial charge in [-0.2, -0.15) is 5.10 Å². The number of sulfonamides is 1. The van der Waals surface area contributed by atoms with Gasteiger partial charge in [-0.3, -0.25) is 9.52 Å². The minimum absolute atomic E-state index is 0.133. The molecule has 0 aliphatic rings. The molecule has 4 rings (SSSR count). The van der Waals surface area contributed by atoms with Crippen molar-refractivity contribution in [1.29, 1.82) is 0 Å². The number of anilines is 1. The Labute approximate surface area is 231 Å². The number of amides is 1. The van der Waals surface area contributed by atoms with E-state index in [1.54, 1.807) is 42.5 Å². The highest BCUT2D eigenvalue weighted by atomic mass is 32.2. The predicted octanol–water partition coefficient (Wildman–Crippen LogP) is 4.88. The van der Waals surface area contributed by atoms with E-state index in [2.05, 4.69) is 15.2 Å². The van der Waals surface area contributed by atoms with Crippen molar-refractivity contribution in [1.82, 2.24) is 5.43 Å². The molecule has 0 aliphatic carbocycles. The van der Waals surface area contributed by atoms with Crippen LogP contribution in [0.4, 0.5) is 5.69 Å². The first-order chi connectivity index (χ1) is 19.3. The van der Waals surface area contributed by atoms with Crippen LogP contribution in [0.3, 0.4) is 0 Å². The molecule has 0 heterocycles. The number of benzene rings is 4. The number of carbonyl (C=O) groups is 2. The summed E-state index contributed by atoms with van der Waals surface area (Å²) in [5, 5.41) is 3.96. The Balaban J connectivity index is 1.33. The largest absolute Gasteiger partial charge is 0.493 e. The van der Waals surface area contributed by atoms with Crippen molar-refractivity contribution in [3.05, 3.63) is 126 Å².